The Hall–Kier alpha value is -4.07. The molecule has 7 nitrogen and oxygen atoms in total. The Labute approximate surface area is 170 Å². The minimum atomic E-state index is -0.696. The van der Waals surface area contributed by atoms with Crippen LogP contribution in [-0.4, -0.2) is 26.6 Å². The highest BCUT2D eigenvalue weighted by molar-refractivity contribution is 6.07. The summed E-state index contributed by atoms with van der Waals surface area (Å²) in [6.45, 7) is 3.28. The highest BCUT2D eigenvalue weighted by atomic mass is 19.1. The van der Waals surface area contributed by atoms with E-state index in [1.165, 1.54) is 23.1 Å². The number of rotatable bonds is 4. The van der Waals surface area contributed by atoms with Gasteiger partial charge in [-0.3, -0.25) is 4.79 Å². The van der Waals surface area contributed by atoms with Gasteiger partial charge in [0.1, 0.15) is 11.4 Å². The van der Waals surface area contributed by atoms with E-state index in [0.717, 1.165) is 0 Å². The molecule has 0 aliphatic heterocycles. The first-order chi connectivity index (χ1) is 14.4. The van der Waals surface area contributed by atoms with Crippen LogP contribution in [-0.2, 0) is 0 Å². The normalized spacial score (nSPS) is 10.9. The second-order valence-corrected chi connectivity index (χ2v) is 6.72. The Bertz CT molecular complexity index is 1310. The van der Waals surface area contributed by atoms with E-state index in [2.05, 4.69) is 9.97 Å². The van der Waals surface area contributed by atoms with E-state index in [0.29, 0.717) is 33.7 Å². The van der Waals surface area contributed by atoms with Crippen molar-refractivity contribution in [2.24, 2.45) is 5.73 Å². The molecule has 0 saturated heterocycles. The van der Waals surface area contributed by atoms with Crippen molar-refractivity contribution in [2.75, 3.05) is 0 Å². The molecule has 2 heterocycles. The molecule has 30 heavy (non-hydrogen) atoms. The number of primary amides is 1. The molecule has 0 aliphatic carbocycles. The smallest absolute Gasteiger partial charge is 0.366 e. The maximum absolute atomic E-state index is 13.5. The van der Waals surface area contributed by atoms with Crippen LogP contribution in [0.2, 0.25) is 0 Å². The molecule has 0 atom stereocenters. The van der Waals surface area contributed by atoms with Crippen molar-refractivity contribution in [3.8, 4) is 11.4 Å². The molecule has 2 aromatic carbocycles. The first-order valence-corrected chi connectivity index (χ1v) is 9.09. The predicted molar refractivity (Wildman–Crippen MR) is 108 cm³/mol. The van der Waals surface area contributed by atoms with E-state index in [1.54, 1.807) is 50.2 Å². The number of carbonyl (C=O) groups excluding carboxylic acids is 2. The van der Waals surface area contributed by atoms with Gasteiger partial charge in [0, 0.05) is 17.1 Å². The van der Waals surface area contributed by atoms with Gasteiger partial charge in [-0.15, -0.1) is 0 Å². The Morgan fingerprint density at radius 3 is 2.57 bits per heavy atom. The molecule has 0 unspecified atom stereocenters. The standard InChI is InChI=1S/C22H17FN4O3/c1-12-17(11-25-21(26-12)14-6-5-7-15(23)10-14)22(29)30-27-13(2)19(20(24)28)16-8-3-4-9-18(16)27/h3-11H,1-2H3,(H2,24,28). The molecule has 0 spiro atoms. The van der Waals surface area contributed by atoms with Crippen LogP contribution in [0.15, 0.2) is 54.7 Å². The highest BCUT2D eigenvalue weighted by Gasteiger charge is 2.22. The number of halogens is 1. The van der Waals surface area contributed by atoms with E-state index in [4.69, 9.17) is 10.6 Å². The number of hydrogen-bond acceptors (Lipinski definition) is 5. The number of amides is 1. The number of hydrogen-bond donors (Lipinski definition) is 1. The molecule has 2 N–H and O–H groups in total. The van der Waals surface area contributed by atoms with Gasteiger partial charge in [0.2, 0.25) is 0 Å². The van der Waals surface area contributed by atoms with Crippen LogP contribution < -0.4 is 10.6 Å². The highest BCUT2D eigenvalue weighted by Crippen LogP contribution is 2.25. The maximum atomic E-state index is 13.5. The van der Waals surface area contributed by atoms with E-state index in [-0.39, 0.29) is 11.1 Å². The van der Waals surface area contributed by atoms with Crippen molar-refractivity contribution in [2.45, 2.75) is 13.8 Å². The largest absolute Gasteiger partial charge is 0.367 e. The van der Waals surface area contributed by atoms with Crippen molar-refractivity contribution in [3.63, 3.8) is 0 Å². The van der Waals surface area contributed by atoms with Crippen LogP contribution in [0, 0.1) is 19.7 Å². The molecule has 150 valence electrons. The molecule has 8 heteroatoms. The second kappa shape index (κ2) is 7.40. The molecule has 0 fully saturated rings. The summed E-state index contributed by atoms with van der Waals surface area (Å²) in [7, 11) is 0. The molecule has 0 bridgehead atoms. The number of aromatic nitrogens is 3. The second-order valence-electron chi connectivity index (χ2n) is 6.72. The lowest BCUT2D eigenvalue weighted by atomic mass is 10.1. The SMILES string of the molecule is Cc1nc(-c2cccc(F)c2)ncc1C(=O)On1c(C)c(C(N)=O)c2ccccc21. The van der Waals surface area contributed by atoms with Crippen LogP contribution in [0.3, 0.4) is 0 Å². The van der Waals surface area contributed by atoms with E-state index >= 15 is 0 Å². The van der Waals surface area contributed by atoms with Gasteiger partial charge in [-0.25, -0.2) is 19.2 Å². The minimum Gasteiger partial charge on any atom is -0.366 e. The van der Waals surface area contributed by atoms with Gasteiger partial charge in [0.05, 0.1) is 22.5 Å². The molecule has 0 aliphatic rings. The topological polar surface area (TPSA) is 100 Å². The third-order valence-corrected chi connectivity index (χ3v) is 4.76. The third kappa shape index (κ3) is 3.28. The van der Waals surface area contributed by atoms with Crippen LogP contribution in [0.1, 0.15) is 32.1 Å². The Morgan fingerprint density at radius 1 is 1.10 bits per heavy atom. The van der Waals surface area contributed by atoms with E-state index in [9.17, 15) is 14.0 Å². The molecule has 0 saturated carbocycles. The fourth-order valence-corrected chi connectivity index (χ4v) is 3.33. The zero-order valence-corrected chi connectivity index (χ0v) is 16.2. The summed E-state index contributed by atoms with van der Waals surface area (Å²) < 4.78 is 14.7. The lowest BCUT2D eigenvalue weighted by molar-refractivity contribution is 0.0470. The van der Waals surface area contributed by atoms with Crippen LogP contribution in [0.4, 0.5) is 4.39 Å². The summed E-state index contributed by atoms with van der Waals surface area (Å²) in [5, 5.41) is 0.588. The molecule has 1 amide bonds. The summed E-state index contributed by atoms with van der Waals surface area (Å²) in [6, 6.07) is 12.9. The van der Waals surface area contributed by atoms with Gasteiger partial charge < -0.3 is 10.6 Å². The van der Waals surface area contributed by atoms with Crippen molar-refractivity contribution in [3.05, 3.63) is 83.1 Å². The van der Waals surface area contributed by atoms with Gasteiger partial charge in [-0.2, -0.15) is 4.73 Å². The number of aryl methyl sites for hydroxylation is 1. The number of nitrogens with two attached hydrogens (primary N) is 1. The average molecular weight is 404 g/mol. The number of fused-ring (bicyclic) bond motifs is 1. The van der Waals surface area contributed by atoms with Gasteiger partial charge in [0.25, 0.3) is 5.91 Å². The van der Waals surface area contributed by atoms with Crippen LogP contribution >= 0.6 is 0 Å². The fourth-order valence-electron chi connectivity index (χ4n) is 3.33. The van der Waals surface area contributed by atoms with Crippen molar-refractivity contribution in [1.29, 1.82) is 0 Å². The van der Waals surface area contributed by atoms with Crippen molar-refractivity contribution in [1.82, 2.24) is 14.7 Å². The van der Waals surface area contributed by atoms with Gasteiger partial charge >= 0.3 is 5.97 Å². The maximum Gasteiger partial charge on any atom is 0.367 e. The summed E-state index contributed by atoms with van der Waals surface area (Å²) in [5.74, 6) is -1.42. The Kier molecular flexibility index (Phi) is 4.75. The van der Waals surface area contributed by atoms with Gasteiger partial charge in [-0.05, 0) is 32.0 Å². The third-order valence-electron chi connectivity index (χ3n) is 4.76. The van der Waals surface area contributed by atoms with Gasteiger partial charge in [0.15, 0.2) is 5.82 Å². The van der Waals surface area contributed by atoms with Crippen molar-refractivity contribution < 1.29 is 18.8 Å². The van der Waals surface area contributed by atoms with Crippen LogP contribution in [0.5, 0.6) is 0 Å². The number of nitrogens with zero attached hydrogens (tertiary/aromatic N) is 3. The number of benzene rings is 2. The summed E-state index contributed by atoms with van der Waals surface area (Å²) in [5.41, 5.74) is 7.75. The Balaban J connectivity index is 1.70. The predicted octanol–water partition coefficient (Wildman–Crippen LogP) is 3.22. The molecule has 2 aromatic heterocycles. The summed E-state index contributed by atoms with van der Waals surface area (Å²) in [4.78, 5) is 38.7. The van der Waals surface area contributed by atoms with Crippen molar-refractivity contribution >= 4 is 22.8 Å². The zero-order chi connectivity index (χ0) is 21.4. The van der Waals surface area contributed by atoms with E-state index < -0.39 is 17.7 Å². The number of para-hydroxylation sites is 1. The Morgan fingerprint density at radius 2 is 1.87 bits per heavy atom. The molecule has 4 aromatic rings. The number of carbonyl (C=O) groups is 2. The monoisotopic (exact) mass is 404 g/mol. The first-order valence-electron chi connectivity index (χ1n) is 9.09. The lowest BCUT2D eigenvalue weighted by Crippen LogP contribution is -2.23. The minimum absolute atomic E-state index is 0.146. The van der Waals surface area contributed by atoms with E-state index in [1.807, 2.05) is 0 Å². The average Bonchev–Trinajstić information content (AvgIpc) is 2.99. The zero-order valence-electron chi connectivity index (χ0n) is 16.2. The molecule has 4 rings (SSSR count). The molecule has 0 radical (unpaired) electrons. The molecular weight excluding hydrogens is 387 g/mol. The van der Waals surface area contributed by atoms with Gasteiger partial charge in [-0.1, -0.05) is 30.3 Å². The lowest BCUT2D eigenvalue weighted by Gasteiger charge is -2.10. The first kappa shape index (κ1) is 19.3. The van der Waals surface area contributed by atoms with Crippen LogP contribution in [0.25, 0.3) is 22.3 Å². The summed E-state index contributed by atoms with van der Waals surface area (Å²) >= 11 is 0. The molecular formula is C22H17FN4O3. The quantitative estimate of drug-likeness (QED) is 0.563. The summed E-state index contributed by atoms with van der Waals surface area (Å²) in [6.07, 6.45) is 1.33. The fraction of sp³-hybridized carbons (Fsp3) is 0.0909.